The minimum Gasteiger partial charge on any atom is -0.484 e. The van der Waals surface area contributed by atoms with Gasteiger partial charge in [0.15, 0.2) is 6.61 Å². The second kappa shape index (κ2) is 9.27. The van der Waals surface area contributed by atoms with E-state index in [0.29, 0.717) is 16.3 Å². The van der Waals surface area contributed by atoms with Crippen LogP contribution in [0.25, 0.3) is 11.0 Å². The third-order valence-corrected chi connectivity index (χ3v) is 4.58. The number of rotatable bonds is 7. The summed E-state index contributed by atoms with van der Waals surface area (Å²) in [6.45, 7) is -0.472. The maximum atomic E-state index is 12.0. The van der Waals surface area contributed by atoms with Gasteiger partial charge in [-0.05, 0) is 42.0 Å². The van der Waals surface area contributed by atoms with E-state index in [0.717, 1.165) is 11.0 Å². The first kappa shape index (κ1) is 21.1. The summed E-state index contributed by atoms with van der Waals surface area (Å²) in [5.74, 6) is -0.435. The van der Waals surface area contributed by atoms with Gasteiger partial charge in [-0.15, -0.1) is 0 Å². The molecule has 3 aromatic rings. The molecule has 0 aliphatic carbocycles. The Labute approximate surface area is 176 Å². The number of benzene rings is 2. The lowest BCUT2D eigenvalue weighted by atomic mass is 10.2. The number of carbonyl (C=O) groups excluding carboxylic acids is 2. The lowest BCUT2D eigenvalue weighted by Crippen LogP contribution is -2.37. The molecule has 156 valence electrons. The van der Waals surface area contributed by atoms with Gasteiger partial charge in [0.25, 0.3) is 11.8 Å². The van der Waals surface area contributed by atoms with Crippen molar-refractivity contribution < 1.29 is 14.3 Å². The third-order valence-electron chi connectivity index (χ3n) is 4.33. The van der Waals surface area contributed by atoms with Crippen LogP contribution in [0.5, 0.6) is 5.75 Å². The summed E-state index contributed by atoms with van der Waals surface area (Å²) in [6.07, 6.45) is 1.46. The largest absolute Gasteiger partial charge is 0.484 e. The van der Waals surface area contributed by atoms with Crippen molar-refractivity contribution in [1.82, 2.24) is 19.9 Å². The van der Waals surface area contributed by atoms with Crippen molar-refractivity contribution in [2.45, 2.75) is 0 Å². The fraction of sp³-hybridized carbons (Fsp3) is 0.200. The first-order valence-electron chi connectivity index (χ1n) is 8.97. The zero-order valence-corrected chi connectivity index (χ0v) is 17.1. The third kappa shape index (κ3) is 5.06. The molecule has 0 unspecified atom stereocenters. The highest BCUT2D eigenvalue weighted by molar-refractivity contribution is 6.30. The zero-order chi connectivity index (χ0) is 21.7. The maximum absolute atomic E-state index is 12.0. The molecule has 0 saturated carbocycles. The molecule has 3 rings (SSSR count). The summed E-state index contributed by atoms with van der Waals surface area (Å²) < 4.78 is 8.38. The van der Waals surface area contributed by atoms with Gasteiger partial charge in [0.2, 0.25) is 0 Å². The number of fused-ring (bicyclic) bond motifs is 1. The number of aromatic nitrogens is 2. The van der Waals surface area contributed by atoms with E-state index in [9.17, 15) is 14.4 Å². The van der Waals surface area contributed by atoms with Gasteiger partial charge in [0.05, 0.1) is 23.8 Å². The number of nitrogens with one attached hydrogen (secondary N) is 2. The number of ether oxygens (including phenoxy) is 1. The number of aryl methyl sites for hydroxylation is 2. The van der Waals surface area contributed by atoms with Gasteiger partial charge in [-0.2, -0.15) is 5.10 Å². The van der Waals surface area contributed by atoms with E-state index in [1.165, 1.54) is 10.8 Å². The minimum atomic E-state index is -0.487. The van der Waals surface area contributed by atoms with Gasteiger partial charge in [-0.1, -0.05) is 17.7 Å². The van der Waals surface area contributed by atoms with E-state index in [-0.39, 0.29) is 18.8 Å². The summed E-state index contributed by atoms with van der Waals surface area (Å²) in [4.78, 5) is 35.5. The summed E-state index contributed by atoms with van der Waals surface area (Å²) in [5, 5.41) is 6.88. The predicted molar refractivity (Wildman–Crippen MR) is 114 cm³/mol. The van der Waals surface area contributed by atoms with Crippen LogP contribution >= 0.6 is 11.6 Å². The van der Waals surface area contributed by atoms with E-state index in [4.69, 9.17) is 16.3 Å². The summed E-state index contributed by atoms with van der Waals surface area (Å²) >= 11 is 5.77. The van der Waals surface area contributed by atoms with Crippen molar-refractivity contribution in [3.63, 3.8) is 0 Å². The molecule has 0 spiro atoms. The van der Waals surface area contributed by atoms with E-state index < -0.39 is 11.8 Å². The molecule has 1 heterocycles. The first-order chi connectivity index (χ1) is 14.3. The summed E-state index contributed by atoms with van der Waals surface area (Å²) in [7, 11) is 3.39. The van der Waals surface area contributed by atoms with Crippen LogP contribution in [0.15, 0.2) is 52.4 Å². The van der Waals surface area contributed by atoms with Gasteiger partial charge in [-0.25, -0.2) is 10.2 Å². The number of halogens is 1. The van der Waals surface area contributed by atoms with Gasteiger partial charge in [-0.3, -0.25) is 18.7 Å². The smallest absolute Gasteiger partial charge is 0.328 e. The molecule has 30 heavy (non-hydrogen) atoms. The molecule has 0 fully saturated rings. The Bertz CT molecular complexity index is 1160. The fourth-order valence-electron chi connectivity index (χ4n) is 2.73. The maximum Gasteiger partial charge on any atom is 0.328 e. The molecule has 2 N–H and O–H groups in total. The number of hydrazone groups is 1. The molecular formula is C20H20ClN5O4. The lowest BCUT2D eigenvalue weighted by Gasteiger charge is -2.07. The Balaban J connectivity index is 1.46. The van der Waals surface area contributed by atoms with E-state index in [1.54, 1.807) is 61.1 Å². The molecule has 0 radical (unpaired) electrons. The van der Waals surface area contributed by atoms with E-state index >= 15 is 0 Å². The van der Waals surface area contributed by atoms with Crippen LogP contribution in [0.1, 0.15) is 5.56 Å². The molecule has 2 aromatic carbocycles. The van der Waals surface area contributed by atoms with Crippen LogP contribution in [0, 0.1) is 0 Å². The Morgan fingerprint density at radius 1 is 1.07 bits per heavy atom. The first-order valence-corrected chi connectivity index (χ1v) is 9.35. The number of hydrogen-bond donors (Lipinski definition) is 2. The van der Waals surface area contributed by atoms with Crippen LogP contribution in [-0.4, -0.2) is 40.3 Å². The molecule has 1 aromatic heterocycles. The van der Waals surface area contributed by atoms with Crippen LogP contribution in [0.4, 0.5) is 0 Å². The Morgan fingerprint density at radius 2 is 1.77 bits per heavy atom. The van der Waals surface area contributed by atoms with E-state index in [1.807, 2.05) is 0 Å². The average molecular weight is 430 g/mol. The number of amides is 2. The second-order valence-corrected chi connectivity index (χ2v) is 6.90. The second-order valence-electron chi connectivity index (χ2n) is 6.46. The molecule has 2 amide bonds. The van der Waals surface area contributed by atoms with Crippen LogP contribution < -0.4 is 21.2 Å². The van der Waals surface area contributed by atoms with Gasteiger partial charge in [0, 0.05) is 19.1 Å². The Hall–Kier alpha value is -3.59. The van der Waals surface area contributed by atoms with Gasteiger partial charge >= 0.3 is 5.69 Å². The van der Waals surface area contributed by atoms with Gasteiger partial charge < -0.3 is 10.1 Å². The van der Waals surface area contributed by atoms with Crippen molar-refractivity contribution in [2.75, 3.05) is 13.2 Å². The van der Waals surface area contributed by atoms with Crippen LogP contribution in [0.3, 0.4) is 0 Å². The topological polar surface area (TPSA) is 107 Å². The quantitative estimate of drug-likeness (QED) is 0.434. The highest BCUT2D eigenvalue weighted by Crippen LogP contribution is 2.15. The normalized spacial score (nSPS) is 11.0. The lowest BCUT2D eigenvalue weighted by molar-refractivity contribution is -0.127. The monoisotopic (exact) mass is 429 g/mol. The molecule has 9 nitrogen and oxygen atoms in total. The Kier molecular flexibility index (Phi) is 6.53. The fourth-order valence-corrected chi connectivity index (χ4v) is 2.86. The van der Waals surface area contributed by atoms with Crippen molar-refractivity contribution in [2.24, 2.45) is 19.2 Å². The van der Waals surface area contributed by atoms with Crippen molar-refractivity contribution in [3.8, 4) is 5.75 Å². The molecular weight excluding hydrogens is 410 g/mol. The number of imidazole rings is 1. The highest BCUT2D eigenvalue weighted by atomic mass is 35.5. The summed E-state index contributed by atoms with van der Waals surface area (Å²) in [5.41, 5.74) is 4.48. The molecule has 0 aliphatic heterocycles. The van der Waals surface area contributed by atoms with Gasteiger partial charge in [0.1, 0.15) is 5.75 Å². The van der Waals surface area contributed by atoms with Crippen LogP contribution in [0.2, 0.25) is 5.02 Å². The molecule has 0 saturated heterocycles. The highest BCUT2D eigenvalue weighted by Gasteiger charge is 2.08. The SMILES string of the molecule is Cn1c(=O)n(C)c2cc(/C=N\NC(=O)CNC(=O)COc3ccc(Cl)cc3)ccc21. The molecule has 10 heteroatoms. The van der Waals surface area contributed by atoms with Crippen molar-refractivity contribution >= 4 is 40.7 Å². The minimum absolute atomic E-state index is 0.122. The molecule has 0 bridgehead atoms. The van der Waals surface area contributed by atoms with Crippen molar-refractivity contribution in [3.05, 3.63) is 63.5 Å². The predicted octanol–water partition coefficient (Wildman–Crippen LogP) is 1.18. The zero-order valence-electron chi connectivity index (χ0n) is 16.4. The Morgan fingerprint density at radius 3 is 2.50 bits per heavy atom. The van der Waals surface area contributed by atoms with E-state index in [2.05, 4.69) is 15.8 Å². The average Bonchev–Trinajstić information content (AvgIpc) is 2.95. The molecule has 0 atom stereocenters. The number of nitrogens with zero attached hydrogens (tertiary/aromatic N) is 3. The number of carbonyl (C=O) groups is 2. The summed E-state index contributed by atoms with van der Waals surface area (Å²) in [6, 6.07) is 12.0. The molecule has 0 aliphatic rings. The van der Waals surface area contributed by atoms with Crippen LogP contribution in [-0.2, 0) is 23.7 Å². The number of hydrogen-bond acceptors (Lipinski definition) is 5. The standard InChI is InChI=1S/C20H20ClN5O4/c1-25-16-8-3-13(9-17(16)26(2)20(25)29)10-23-24-18(27)11-22-19(28)12-30-15-6-4-14(21)5-7-15/h3-10H,11-12H2,1-2H3,(H,22,28)(H,24,27)/b23-10-. The van der Waals surface area contributed by atoms with Crippen molar-refractivity contribution in [1.29, 1.82) is 0 Å².